The minimum atomic E-state index is -5.47. The van der Waals surface area contributed by atoms with Crippen LogP contribution in [-0.2, 0) is 9.84 Å². The van der Waals surface area contributed by atoms with E-state index in [0.717, 1.165) is 12.1 Å². The summed E-state index contributed by atoms with van der Waals surface area (Å²) in [7, 11) is -5.47. The van der Waals surface area contributed by atoms with Gasteiger partial charge in [0.15, 0.2) is 5.78 Å². The topological polar surface area (TPSA) is 80.3 Å². The Morgan fingerprint density at radius 2 is 1.52 bits per heavy atom. The van der Waals surface area contributed by atoms with Crippen molar-refractivity contribution in [1.29, 1.82) is 0 Å². The first-order chi connectivity index (χ1) is 11.5. The first kappa shape index (κ1) is 18.7. The Balaban J connectivity index is 2.27. The zero-order valence-corrected chi connectivity index (χ0v) is 13.6. The van der Waals surface area contributed by atoms with Gasteiger partial charge in [-0.05, 0) is 43.3 Å². The highest BCUT2D eigenvalue weighted by Gasteiger charge is 2.46. The van der Waals surface area contributed by atoms with Gasteiger partial charge >= 0.3 is 5.51 Å². The third kappa shape index (κ3) is 3.87. The number of halogens is 3. The van der Waals surface area contributed by atoms with Crippen LogP contribution in [0.2, 0.25) is 0 Å². The van der Waals surface area contributed by atoms with Gasteiger partial charge in [0.05, 0.1) is 10.6 Å². The van der Waals surface area contributed by atoms with E-state index in [1.807, 2.05) is 0 Å². The van der Waals surface area contributed by atoms with Crippen LogP contribution < -0.4 is 5.32 Å². The van der Waals surface area contributed by atoms with Crippen molar-refractivity contribution >= 4 is 27.2 Å². The molecule has 5 nitrogen and oxygen atoms in total. The fourth-order valence-electron chi connectivity index (χ4n) is 2.01. The Labute approximate surface area is 141 Å². The molecule has 0 saturated carbocycles. The van der Waals surface area contributed by atoms with Crippen LogP contribution in [-0.4, -0.2) is 25.6 Å². The number of ketones is 1. The molecular weight excluding hydrogens is 359 g/mol. The first-order valence-corrected chi connectivity index (χ1v) is 8.35. The third-order valence-corrected chi connectivity index (χ3v) is 4.79. The number of carbonyl (C=O) groups excluding carboxylic acids is 2. The highest BCUT2D eigenvalue weighted by atomic mass is 32.2. The molecule has 0 bridgehead atoms. The second-order valence-electron chi connectivity index (χ2n) is 5.03. The maximum atomic E-state index is 12.5. The van der Waals surface area contributed by atoms with E-state index in [1.54, 1.807) is 12.1 Å². The molecule has 9 heteroatoms. The van der Waals surface area contributed by atoms with Gasteiger partial charge in [-0.2, -0.15) is 13.2 Å². The van der Waals surface area contributed by atoms with Gasteiger partial charge in [0.2, 0.25) is 0 Å². The fourth-order valence-corrected chi connectivity index (χ4v) is 2.77. The summed E-state index contributed by atoms with van der Waals surface area (Å²) in [6, 6.07) is 9.55. The Hall–Kier alpha value is -2.68. The van der Waals surface area contributed by atoms with Gasteiger partial charge in [-0.1, -0.05) is 12.1 Å². The lowest BCUT2D eigenvalue weighted by atomic mass is 10.1. The number of nitrogens with one attached hydrogen (secondary N) is 1. The van der Waals surface area contributed by atoms with Crippen molar-refractivity contribution in [3.63, 3.8) is 0 Å². The Morgan fingerprint density at radius 1 is 0.960 bits per heavy atom. The molecule has 0 radical (unpaired) electrons. The van der Waals surface area contributed by atoms with E-state index in [9.17, 15) is 31.2 Å². The van der Waals surface area contributed by atoms with Crippen molar-refractivity contribution in [1.82, 2.24) is 0 Å². The normalized spacial score (nSPS) is 11.8. The summed E-state index contributed by atoms with van der Waals surface area (Å²) in [6.07, 6.45) is 0. The fraction of sp³-hybridized carbons (Fsp3) is 0.125. The number of benzene rings is 2. The maximum Gasteiger partial charge on any atom is 0.501 e. The third-order valence-electron chi connectivity index (χ3n) is 3.29. The molecule has 25 heavy (non-hydrogen) atoms. The molecule has 0 saturated heterocycles. The summed E-state index contributed by atoms with van der Waals surface area (Å²) >= 11 is 0. The van der Waals surface area contributed by atoms with Crippen molar-refractivity contribution in [2.45, 2.75) is 17.3 Å². The van der Waals surface area contributed by atoms with E-state index in [0.29, 0.717) is 12.1 Å². The molecule has 0 heterocycles. The standard InChI is InChI=1S/C16H12F3NO4S/c1-10(21)13-4-2-3-5-14(13)20-15(22)11-6-8-12(9-7-11)25(23,24)16(17,18)19/h2-9H,1H3,(H,20,22). The Bertz CT molecular complexity index is 919. The molecule has 1 N–H and O–H groups in total. The molecule has 0 unspecified atom stereocenters. The number of carbonyl (C=O) groups is 2. The van der Waals surface area contributed by atoms with Crippen molar-refractivity contribution in [2.24, 2.45) is 0 Å². The smallest absolute Gasteiger partial charge is 0.321 e. The molecule has 2 rings (SSSR count). The Kier molecular flexibility index (Phi) is 4.98. The number of Topliss-reactive ketones (excluding diaryl/α,β-unsaturated/α-hetero) is 1. The van der Waals surface area contributed by atoms with E-state index in [1.165, 1.54) is 19.1 Å². The van der Waals surface area contributed by atoms with E-state index in [4.69, 9.17) is 0 Å². The number of hydrogen-bond acceptors (Lipinski definition) is 4. The van der Waals surface area contributed by atoms with E-state index >= 15 is 0 Å². The molecule has 0 spiro atoms. The van der Waals surface area contributed by atoms with Gasteiger partial charge in [0.25, 0.3) is 15.7 Å². The van der Waals surface area contributed by atoms with Crippen molar-refractivity contribution < 1.29 is 31.2 Å². The van der Waals surface area contributed by atoms with Crippen LogP contribution in [0.15, 0.2) is 53.4 Å². The zero-order valence-electron chi connectivity index (χ0n) is 12.8. The number of amides is 1. The number of para-hydroxylation sites is 1. The lowest BCUT2D eigenvalue weighted by Crippen LogP contribution is -2.23. The van der Waals surface area contributed by atoms with Crippen LogP contribution in [0.3, 0.4) is 0 Å². The van der Waals surface area contributed by atoms with Gasteiger partial charge < -0.3 is 5.32 Å². The Morgan fingerprint density at radius 3 is 2.04 bits per heavy atom. The summed E-state index contributed by atoms with van der Waals surface area (Å²) < 4.78 is 60.0. The lowest BCUT2D eigenvalue weighted by molar-refractivity contribution is -0.0436. The number of alkyl halides is 3. The molecule has 2 aromatic rings. The average molecular weight is 371 g/mol. The van der Waals surface area contributed by atoms with Crippen molar-refractivity contribution in [2.75, 3.05) is 5.32 Å². The molecule has 0 fully saturated rings. The number of rotatable bonds is 4. The predicted molar refractivity (Wildman–Crippen MR) is 84.1 cm³/mol. The molecule has 132 valence electrons. The van der Waals surface area contributed by atoms with E-state index in [2.05, 4.69) is 5.32 Å². The highest BCUT2D eigenvalue weighted by Crippen LogP contribution is 2.30. The summed E-state index contributed by atoms with van der Waals surface area (Å²) in [5.74, 6) is -0.966. The van der Waals surface area contributed by atoms with Crippen LogP contribution in [0.25, 0.3) is 0 Å². The summed E-state index contributed by atoms with van der Waals surface area (Å²) in [5.41, 5.74) is -4.96. The monoisotopic (exact) mass is 371 g/mol. The van der Waals surface area contributed by atoms with Gasteiger partial charge in [0, 0.05) is 11.1 Å². The average Bonchev–Trinajstić information content (AvgIpc) is 2.54. The van der Waals surface area contributed by atoms with Crippen molar-refractivity contribution in [3.8, 4) is 0 Å². The second kappa shape index (κ2) is 6.67. The molecule has 0 aliphatic heterocycles. The minimum Gasteiger partial charge on any atom is -0.321 e. The number of anilines is 1. The molecule has 1 amide bonds. The number of sulfone groups is 1. The number of hydrogen-bond donors (Lipinski definition) is 1. The molecule has 0 aliphatic rings. The van der Waals surface area contributed by atoms with Gasteiger partial charge in [0.1, 0.15) is 0 Å². The van der Waals surface area contributed by atoms with E-state index in [-0.39, 0.29) is 22.6 Å². The second-order valence-corrected chi connectivity index (χ2v) is 6.97. The van der Waals surface area contributed by atoms with Gasteiger partial charge in [-0.25, -0.2) is 8.42 Å². The SMILES string of the molecule is CC(=O)c1ccccc1NC(=O)c1ccc(S(=O)(=O)C(F)(F)F)cc1. The van der Waals surface area contributed by atoms with Crippen LogP contribution in [0.4, 0.5) is 18.9 Å². The van der Waals surface area contributed by atoms with Crippen LogP contribution in [0, 0.1) is 0 Å². The molecule has 0 atom stereocenters. The highest BCUT2D eigenvalue weighted by molar-refractivity contribution is 7.92. The largest absolute Gasteiger partial charge is 0.501 e. The van der Waals surface area contributed by atoms with Crippen molar-refractivity contribution in [3.05, 3.63) is 59.7 Å². The summed E-state index contributed by atoms with van der Waals surface area (Å²) in [5, 5.41) is 2.47. The molecule has 0 aliphatic carbocycles. The molecular formula is C16H12F3NO4S. The van der Waals surface area contributed by atoms with Crippen LogP contribution in [0.1, 0.15) is 27.6 Å². The predicted octanol–water partition coefficient (Wildman–Crippen LogP) is 3.44. The van der Waals surface area contributed by atoms with E-state index < -0.39 is 26.1 Å². The van der Waals surface area contributed by atoms with Gasteiger partial charge in [-0.15, -0.1) is 0 Å². The molecule has 0 aromatic heterocycles. The maximum absolute atomic E-state index is 12.5. The zero-order chi connectivity index (χ0) is 18.8. The molecule has 2 aromatic carbocycles. The van der Waals surface area contributed by atoms with Crippen LogP contribution >= 0.6 is 0 Å². The van der Waals surface area contributed by atoms with Crippen LogP contribution in [0.5, 0.6) is 0 Å². The van der Waals surface area contributed by atoms with Gasteiger partial charge in [-0.3, -0.25) is 9.59 Å². The quantitative estimate of drug-likeness (QED) is 0.835. The first-order valence-electron chi connectivity index (χ1n) is 6.87. The minimum absolute atomic E-state index is 0.0560. The summed E-state index contributed by atoms with van der Waals surface area (Å²) in [6.45, 7) is 1.32. The summed E-state index contributed by atoms with van der Waals surface area (Å²) in [4.78, 5) is 22.7. The lowest BCUT2D eigenvalue weighted by Gasteiger charge is -2.10.